The molecule has 0 saturated heterocycles. The summed E-state index contributed by atoms with van der Waals surface area (Å²) in [6.07, 6.45) is 37.6. The van der Waals surface area contributed by atoms with Crippen LogP contribution in [0.5, 0.6) is 0 Å². The van der Waals surface area contributed by atoms with Gasteiger partial charge in [-0.25, -0.2) is 9.97 Å². The molecular weight excluding hydrogens is 1600 g/mol. The first-order valence-electron chi connectivity index (χ1n) is 48.5. The Morgan fingerprint density at radius 2 is 0.645 bits per heavy atom. The summed E-state index contributed by atoms with van der Waals surface area (Å²) in [7, 11) is 0. The molecule has 0 spiro atoms. The Morgan fingerprint density at radius 1 is 0.331 bits per heavy atom. The molecule has 124 heavy (non-hydrogen) atoms. The minimum Gasteiger partial charge on any atom is -0.353 e. The zero-order valence-electron chi connectivity index (χ0n) is 76.8. The number of carbonyl (C=O) groups excluding carboxylic acids is 4. The zero-order chi connectivity index (χ0) is 87.2. The van der Waals surface area contributed by atoms with E-state index >= 15 is 19.2 Å². The molecule has 13 heterocycles. The van der Waals surface area contributed by atoms with Gasteiger partial charge in [-0.2, -0.15) is 0 Å². The maximum atomic E-state index is 15.6. The lowest BCUT2D eigenvalue weighted by Gasteiger charge is -2.29. The molecule has 2 N–H and O–H groups in total. The van der Waals surface area contributed by atoms with Crippen molar-refractivity contribution < 1.29 is 19.2 Å². The van der Waals surface area contributed by atoms with Gasteiger partial charge in [0.2, 0.25) is 0 Å². The Labute approximate surface area is 758 Å². The predicted molar refractivity (Wildman–Crippen MR) is 527 cm³/mol. The number of nitrogens with zero attached hydrogens (tertiary/aromatic N) is 6. The molecule has 16 heteroatoms. The van der Waals surface area contributed by atoms with Gasteiger partial charge in [-0.3, -0.25) is 19.2 Å². The number of nitrogens with one attached hydrogen (secondary N) is 2. The first-order valence-corrected chi connectivity index (χ1v) is 51.9. The van der Waals surface area contributed by atoms with E-state index in [0.29, 0.717) is 60.3 Å². The number of fused-ring (bicyclic) bond motifs is 12. The normalized spacial score (nSPS) is 15.8. The molecule has 12 nitrogen and oxygen atoms in total. The molecule has 0 saturated carbocycles. The largest absolute Gasteiger partial charge is 0.353 e. The Bertz CT molecular complexity index is 5070. The minimum atomic E-state index is -0.0651. The van der Waals surface area contributed by atoms with E-state index in [-0.39, 0.29) is 35.5 Å². The number of allylic oxidation sites excluding steroid dienone is 4. The van der Waals surface area contributed by atoms with Crippen molar-refractivity contribution in [2.75, 3.05) is 26.2 Å². The van der Waals surface area contributed by atoms with Crippen molar-refractivity contribution in [3.8, 4) is 23.7 Å². The predicted octanol–water partition coefficient (Wildman–Crippen LogP) is 29.2. The van der Waals surface area contributed by atoms with Gasteiger partial charge in [-0.05, 0) is 207 Å². The van der Waals surface area contributed by atoms with Crippen LogP contribution in [0.15, 0.2) is 118 Å². The molecule has 658 valence electrons. The molecule has 4 amide bonds. The van der Waals surface area contributed by atoms with Crippen LogP contribution in [-0.2, 0) is 32.0 Å². The minimum absolute atomic E-state index is 0.0651. The van der Waals surface area contributed by atoms with Gasteiger partial charge in [0.1, 0.15) is 11.4 Å². The summed E-state index contributed by atoms with van der Waals surface area (Å²) in [5.74, 6) is 16.2. The summed E-state index contributed by atoms with van der Waals surface area (Å²) in [5, 5.41) is 4.13. The van der Waals surface area contributed by atoms with E-state index < -0.39 is 0 Å². The maximum absolute atomic E-state index is 15.6. The standard InChI is InChI=1S/C108H138N8O4S4/c1-13-25-33-37-47-77-67-89-99-83(57-53-79-55-63-93(123-79)103-97-95(105(117)115(103)71-75(23-11)45-31-19-7)101(91-51-41-65-121-91)113(107(97)119)69-73(21-9)43-29-17-5)81(49-39-35-27-15-3)88(111-99)62-60-86-78(48-38-34-26-14-2)68-90(110-86)100-84(82(50-40-36-28-16-4)87(112-100)61-59-85(77)109-89)58-54-80-56-64-94(124-80)104-98-96(106(118)116(104)72-76(24-12)46-32-20-8)102(92-52-42-66-122-92)114(108(98)120)70-74(22-10)44-30-18-6/h41-42,51-52,55-56,59-68,73-76,109-110H,13-40,43-50,69-72H2,1-12H3. The number of rotatable bonds is 48. The molecule has 0 fully saturated rings. The van der Waals surface area contributed by atoms with Gasteiger partial charge in [0, 0.05) is 37.2 Å². The van der Waals surface area contributed by atoms with Crippen LogP contribution in [0.2, 0.25) is 0 Å². The molecule has 0 radical (unpaired) electrons. The van der Waals surface area contributed by atoms with Crippen LogP contribution in [-0.4, -0.2) is 89.3 Å². The number of H-pyrrole nitrogens is 2. The van der Waals surface area contributed by atoms with Crippen molar-refractivity contribution in [1.29, 1.82) is 0 Å². The molecule has 13 rings (SSSR count). The molecule has 6 aliphatic heterocycles. The van der Waals surface area contributed by atoms with Gasteiger partial charge in [-0.1, -0.05) is 273 Å². The van der Waals surface area contributed by atoms with Crippen molar-refractivity contribution in [1.82, 2.24) is 39.5 Å². The number of aromatic amines is 2. The average molecular weight is 1740 g/mol. The molecule has 7 aromatic heterocycles. The van der Waals surface area contributed by atoms with Crippen LogP contribution in [0.3, 0.4) is 0 Å². The quantitative estimate of drug-likeness (QED) is 0.0288. The van der Waals surface area contributed by atoms with Crippen molar-refractivity contribution in [3.63, 3.8) is 0 Å². The molecular formula is C108H138N8O4S4. The second-order valence-electron chi connectivity index (χ2n) is 35.6. The van der Waals surface area contributed by atoms with E-state index in [1.807, 2.05) is 31.7 Å². The zero-order valence-corrected chi connectivity index (χ0v) is 80.0. The fraction of sp³-hybridized carbons (Fsp3) is 0.519. The second kappa shape index (κ2) is 45.7. The molecule has 8 bridgehead atoms. The van der Waals surface area contributed by atoms with Gasteiger partial charge in [0.25, 0.3) is 23.6 Å². The summed E-state index contributed by atoms with van der Waals surface area (Å²) >= 11 is 6.39. The van der Waals surface area contributed by atoms with E-state index in [2.05, 4.69) is 200 Å². The van der Waals surface area contributed by atoms with Gasteiger partial charge in [0.15, 0.2) is 0 Å². The number of unbranched alkanes of at least 4 members (excludes halogenated alkanes) is 16. The van der Waals surface area contributed by atoms with Gasteiger partial charge in [0.05, 0.1) is 108 Å². The highest BCUT2D eigenvalue weighted by Gasteiger charge is 2.52. The van der Waals surface area contributed by atoms with Gasteiger partial charge < -0.3 is 29.6 Å². The van der Waals surface area contributed by atoms with Crippen LogP contribution in [0.4, 0.5) is 0 Å². The van der Waals surface area contributed by atoms with Crippen molar-refractivity contribution in [2.24, 2.45) is 23.7 Å². The Hall–Kier alpha value is -8.64. The van der Waals surface area contributed by atoms with Crippen molar-refractivity contribution >= 4 is 136 Å². The summed E-state index contributed by atoms with van der Waals surface area (Å²) in [6, 6.07) is 30.5. The highest BCUT2D eigenvalue weighted by Crippen LogP contribution is 2.52. The lowest BCUT2D eigenvalue weighted by Crippen LogP contribution is -2.34. The molecule has 7 aromatic rings. The summed E-state index contributed by atoms with van der Waals surface area (Å²) in [5.41, 5.74) is 19.3. The van der Waals surface area contributed by atoms with E-state index in [9.17, 15) is 0 Å². The third-order valence-electron chi connectivity index (χ3n) is 26.6. The number of hydrogen-bond acceptors (Lipinski definition) is 10. The highest BCUT2D eigenvalue weighted by atomic mass is 32.1. The summed E-state index contributed by atoms with van der Waals surface area (Å²) in [4.78, 5) is 95.6. The smallest absolute Gasteiger partial charge is 0.261 e. The van der Waals surface area contributed by atoms with Crippen LogP contribution in [0.25, 0.3) is 67.1 Å². The van der Waals surface area contributed by atoms with E-state index in [1.165, 1.54) is 24.0 Å². The van der Waals surface area contributed by atoms with Crippen molar-refractivity contribution in [3.05, 3.63) is 181 Å². The van der Waals surface area contributed by atoms with Crippen LogP contribution >= 0.6 is 45.3 Å². The van der Waals surface area contributed by atoms with Crippen LogP contribution in [0, 0.1) is 47.4 Å². The van der Waals surface area contributed by atoms with Crippen LogP contribution < -0.4 is 0 Å². The lowest BCUT2D eigenvalue weighted by molar-refractivity contribution is -0.124. The molecule has 4 atom stereocenters. The van der Waals surface area contributed by atoms with Gasteiger partial charge >= 0.3 is 0 Å². The van der Waals surface area contributed by atoms with E-state index in [0.717, 1.165) is 337 Å². The number of hydrogen-bond donors (Lipinski definition) is 2. The average Bonchev–Trinajstić information content (AvgIpc) is 1.56. The third kappa shape index (κ3) is 21.3. The summed E-state index contributed by atoms with van der Waals surface area (Å²) in [6.45, 7) is 29.3. The number of thiophene rings is 4. The van der Waals surface area contributed by atoms with Gasteiger partial charge in [-0.15, -0.1) is 45.3 Å². The number of aromatic nitrogens is 4. The first-order chi connectivity index (χ1) is 60.7. The number of carbonyl (C=O) groups is 4. The fourth-order valence-corrected chi connectivity index (χ4v) is 22.5. The number of aryl methyl sites for hydroxylation is 2. The second-order valence-corrected chi connectivity index (χ2v) is 39.6. The SMILES string of the molecule is CCCCCCC1=C(C#Cc2ccc(C3=C4C(=O)N(CC(CC)CCCC)C(c5cccs5)=C4C(=O)N3CC(CC)CCCC)s2)c2nc1ccc1[nH]c(cc1CCCCCC)c1nc(ccc3[nH]c2cc3CCCCCC)C(CCCCCC)=C1C#Cc1ccc(C2=C3C(=O)N(CC(CC)CCCC)C(c4cccs4)=C3C(=O)N2CC(CC)CCCC)s1. The van der Waals surface area contributed by atoms with Crippen molar-refractivity contribution in [2.45, 2.75) is 314 Å². The first kappa shape index (κ1) is 93.0. The van der Waals surface area contributed by atoms with Crippen LogP contribution in [0.1, 0.15) is 365 Å². The maximum Gasteiger partial charge on any atom is 0.261 e. The lowest BCUT2D eigenvalue weighted by atomic mass is 9.98. The monoisotopic (exact) mass is 1740 g/mol. The fourth-order valence-electron chi connectivity index (χ4n) is 19.1. The third-order valence-corrected chi connectivity index (χ3v) is 30.4. The molecule has 4 unspecified atom stereocenters. The molecule has 0 aromatic carbocycles. The topological polar surface area (TPSA) is 139 Å². The van der Waals surface area contributed by atoms with E-state index in [4.69, 9.17) is 9.97 Å². The Kier molecular flexibility index (Phi) is 34.3. The Balaban J connectivity index is 0.967. The number of amides is 4. The Morgan fingerprint density at radius 3 is 0.944 bits per heavy atom. The summed E-state index contributed by atoms with van der Waals surface area (Å²) < 4.78 is 0. The molecule has 6 aliphatic rings. The van der Waals surface area contributed by atoms with E-state index in [1.54, 1.807) is 45.3 Å². The highest BCUT2D eigenvalue weighted by molar-refractivity contribution is 7.14. The molecule has 0 aliphatic carbocycles.